The number of hydrogen-bond donors (Lipinski definition) is 1. The van der Waals surface area contributed by atoms with Crippen LogP contribution in [-0.2, 0) is 4.79 Å². The summed E-state index contributed by atoms with van der Waals surface area (Å²) in [5.41, 5.74) is -0.525. The summed E-state index contributed by atoms with van der Waals surface area (Å²) in [7, 11) is 0. The Morgan fingerprint density at radius 2 is 1.75 bits per heavy atom. The molecule has 2 aliphatic rings. The van der Waals surface area contributed by atoms with E-state index in [1.54, 1.807) is 0 Å². The molecule has 0 amide bonds. The Bertz CT molecular complexity index is 262. The number of hydrogen-bond acceptors (Lipinski definition) is 2. The molecular weight excluding hydrogens is 200 g/mol. The van der Waals surface area contributed by atoms with Crippen LogP contribution in [-0.4, -0.2) is 16.5 Å². The summed E-state index contributed by atoms with van der Waals surface area (Å²) in [6.45, 7) is 4.61. The first-order valence-electron chi connectivity index (χ1n) is 6.75. The van der Waals surface area contributed by atoms with Crippen LogP contribution in [0.15, 0.2) is 0 Å². The van der Waals surface area contributed by atoms with E-state index in [0.717, 1.165) is 24.7 Å². The molecule has 0 aromatic rings. The van der Waals surface area contributed by atoms with E-state index in [2.05, 4.69) is 13.8 Å². The van der Waals surface area contributed by atoms with Gasteiger partial charge in [0, 0.05) is 12.8 Å². The minimum Gasteiger partial charge on any atom is -0.390 e. The minimum atomic E-state index is -0.525. The van der Waals surface area contributed by atoms with Crippen LogP contribution in [0.25, 0.3) is 0 Å². The van der Waals surface area contributed by atoms with Crippen molar-refractivity contribution in [2.24, 2.45) is 17.8 Å². The Kier molecular flexibility index (Phi) is 3.39. The van der Waals surface area contributed by atoms with Gasteiger partial charge in [0.15, 0.2) is 0 Å². The molecule has 0 heterocycles. The van der Waals surface area contributed by atoms with Crippen LogP contribution < -0.4 is 0 Å². The van der Waals surface area contributed by atoms with Crippen molar-refractivity contribution in [1.29, 1.82) is 0 Å². The Morgan fingerprint density at radius 1 is 1.12 bits per heavy atom. The fourth-order valence-electron chi connectivity index (χ4n) is 3.41. The number of ketones is 1. The second-order valence-electron chi connectivity index (χ2n) is 6.11. The normalized spacial score (nSPS) is 39.7. The fourth-order valence-corrected chi connectivity index (χ4v) is 3.41. The monoisotopic (exact) mass is 224 g/mol. The maximum Gasteiger partial charge on any atom is 0.133 e. The minimum absolute atomic E-state index is 0.335. The number of carbonyl (C=O) groups excluding carboxylic acids is 1. The first kappa shape index (κ1) is 12.1. The zero-order valence-corrected chi connectivity index (χ0v) is 10.5. The largest absolute Gasteiger partial charge is 0.390 e. The molecule has 0 aromatic heterocycles. The summed E-state index contributed by atoms with van der Waals surface area (Å²) in [4.78, 5) is 11.2. The van der Waals surface area contributed by atoms with Crippen molar-refractivity contribution in [2.45, 2.75) is 64.4 Å². The van der Waals surface area contributed by atoms with Crippen molar-refractivity contribution in [2.75, 3.05) is 0 Å². The third-order valence-corrected chi connectivity index (χ3v) is 5.03. The molecular formula is C14H24O2. The van der Waals surface area contributed by atoms with E-state index in [-0.39, 0.29) is 0 Å². The lowest BCUT2D eigenvalue weighted by molar-refractivity contribution is -0.130. The van der Waals surface area contributed by atoms with E-state index in [1.165, 1.54) is 6.42 Å². The Labute approximate surface area is 98.4 Å². The van der Waals surface area contributed by atoms with Gasteiger partial charge in [-0.1, -0.05) is 20.3 Å². The zero-order valence-electron chi connectivity index (χ0n) is 10.5. The quantitative estimate of drug-likeness (QED) is 0.743. The molecule has 2 rings (SSSR count). The van der Waals surface area contributed by atoms with Crippen LogP contribution in [0, 0.1) is 17.8 Å². The molecule has 0 saturated heterocycles. The second-order valence-corrected chi connectivity index (χ2v) is 6.11. The number of rotatable bonds is 1. The third kappa shape index (κ3) is 2.32. The predicted molar refractivity (Wildman–Crippen MR) is 64.1 cm³/mol. The lowest BCUT2D eigenvalue weighted by Gasteiger charge is -2.44. The lowest BCUT2D eigenvalue weighted by Crippen LogP contribution is -2.44. The smallest absolute Gasteiger partial charge is 0.133 e. The topological polar surface area (TPSA) is 37.3 Å². The van der Waals surface area contributed by atoms with Crippen LogP contribution in [0.5, 0.6) is 0 Å². The lowest BCUT2D eigenvalue weighted by atomic mass is 9.65. The first-order valence-corrected chi connectivity index (χ1v) is 6.75. The number of aliphatic hydroxyl groups is 1. The summed E-state index contributed by atoms with van der Waals surface area (Å²) in [6, 6.07) is 0. The summed E-state index contributed by atoms with van der Waals surface area (Å²) >= 11 is 0. The van der Waals surface area contributed by atoms with Gasteiger partial charge in [0.05, 0.1) is 5.60 Å². The van der Waals surface area contributed by atoms with Gasteiger partial charge in [-0.15, -0.1) is 0 Å². The van der Waals surface area contributed by atoms with Crippen LogP contribution >= 0.6 is 0 Å². The maximum atomic E-state index is 11.2. The maximum absolute atomic E-state index is 11.2. The van der Waals surface area contributed by atoms with E-state index in [4.69, 9.17) is 0 Å². The number of carbonyl (C=O) groups is 1. The molecule has 2 fully saturated rings. The molecule has 0 aliphatic heterocycles. The van der Waals surface area contributed by atoms with Crippen LogP contribution in [0.3, 0.4) is 0 Å². The average Bonchev–Trinajstić information content (AvgIpc) is 2.26. The molecule has 2 aliphatic carbocycles. The molecule has 0 radical (unpaired) electrons. The van der Waals surface area contributed by atoms with Crippen molar-refractivity contribution in [3.8, 4) is 0 Å². The van der Waals surface area contributed by atoms with Gasteiger partial charge >= 0.3 is 0 Å². The van der Waals surface area contributed by atoms with Crippen molar-refractivity contribution < 1.29 is 9.90 Å². The molecule has 1 N–H and O–H groups in total. The Morgan fingerprint density at radius 3 is 2.31 bits per heavy atom. The van der Waals surface area contributed by atoms with Gasteiger partial charge in [-0.3, -0.25) is 4.79 Å². The van der Waals surface area contributed by atoms with Gasteiger partial charge in [-0.25, -0.2) is 0 Å². The highest BCUT2D eigenvalue weighted by Gasteiger charge is 2.42. The van der Waals surface area contributed by atoms with Crippen LogP contribution in [0.2, 0.25) is 0 Å². The predicted octanol–water partition coefficient (Wildman–Crippen LogP) is 2.93. The van der Waals surface area contributed by atoms with Gasteiger partial charge in [0.1, 0.15) is 5.78 Å². The third-order valence-electron chi connectivity index (χ3n) is 5.03. The van der Waals surface area contributed by atoms with Gasteiger partial charge in [0.2, 0.25) is 0 Å². The highest BCUT2D eigenvalue weighted by molar-refractivity contribution is 5.79. The van der Waals surface area contributed by atoms with Gasteiger partial charge < -0.3 is 5.11 Å². The van der Waals surface area contributed by atoms with Crippen molar-refractivity contribution in [1.82, 2.24) is 0 Å². The van der Waals surface area contributed by atoms with E-state index in [9.17, 15) is 9.90 Å². The van der Waals surface area contributed by atoms with Crippen LogP contribution in [0.4, 0.5) is 0 Å². The molecule has 3 unspecified atom stereocenters. The highest BCUT2D eigenvalue weighted by atomic mass is 16.3. The van der Waals surface area contributed by atoms with Gasteiger partial charge in [0.25, 0.3) is 0 Å². The number of Topliss-reactive ketones (excluding diaryl/α,β-unsaturated/α-hetero) is 1. The van der Waals surface area contributed by atoms with Gasteiger partial charge in [-0.2, -0.15) is 0 Å². The molecule has 3 atom stereocenters. The molecule has 2 heteroatoms. The van der Waals surface area contributed by atoms with Crippen molar-refractivity contribution in [3.05, 3.63) is 0 Å². The Balaban J connectivity index is 1.99. The zero-order chi connectivity index (χ0) is 11.8. The van der Waals surface area contributed by atoms with E-state index < -0.39 is 5.60 Å². The average molecular weight is 224 g/mol. The molecule has 0 aromatic carbocycles. The standard InChI is InChI=1S/C14H24O2/c1-10-3-4-12(9-11(10)2)14(16)7-5-13(15)6-8-14/h10-12,16H,3-9H2,1-2H3. The molecule has 0 bridgehead atoms. The van der Waals surface area contributed by atoms with Crippen molar-refractivity contribution >= 4 is 5.78 Å². The van der Waals surface area contributed by atoms with E-state index in [1.807, 2.05) is 0 Å². The summed E-state index contributed by atoms with van der Waals surface area (Å²) in [5.74, 6) is 2.29. The fraction of sp³-hybridized carbons (Fsp3) is 0.929. The molecule has 0 spiro atoms. The molecule has 2 nitrogen and oxygen atoms in total. The SMILES string of the molecule is CC1CCC(C2(O)CCC(=O)CC2)CC1C. The first-order chi connectivity index (χ1) is 7.51. The Hall–Kier alpha value is -0.370. The van der Waals surface area contributed by atoms with Crippen LogP contribution in [0.1, 0.15) is 58.8 Å². The van der Waals surface area contributed by atoms with E-state index >= 15 is 0 Å². The van der Waals surface area contributed by atoms with Crippen molar-refractivity contribution in [3.63, 3.8) is 0 Å². The van der Waals surface area contributed by atoms with Gasteiger partial charge in [-0.05, 0) is 43.4 Å². The highest BCUT2D eigenvalue weighted by Crippen LogP contribution is 2.44. The molecule has 92 valence electrons. The van der Waals surface area contributed by atoms with E-state index in [0.29, 0.717) is 37.4 Å². The second kappa shape index (κ2) is 4.48. The molecule has 2 saturated carbocycles. The summed E-state index contributed by atoms with van der Waals surface area (Å²) in [5, 5.41) is 10.7. The summed E-state index contributed by atoms with van der Waals surface area (Å²) < 4.78 is 0. The summed E-state index contributed by atoms with van der Waals surface area (Å²) in [6.07, 6.45) is 6.13. The molecule has 16 heavy (non-hydrogen) atoms.